The monoisotopic (exact) mass is 393 g/mol. The van der Waals surface area contributed by atoms with Crippen molar-refractivity contribution in [2.75, 3.05) is 5.32 Å². The van der Waals surface area contributed by atoms with Crippen molar-refractivity contribution < 1.29 is 4.79 Å². The molecule has 0 fully saturated rings. The van der Waals surface area contributed by atoms with Crippen LogP contribution in [0.4, 0.5) is 5.69 Å². The summed E-state index contributed by atoms with van der Waals surface area (Å²) in [7, 11) is 0. The van der Waals surface area contributed by atoms with E-state index in [-0.39, 0.29) is 11.2 Å². The molecule has 27 heavy (non-hydrogen) atoms. The second-order valence-corrected chi connectivity index (χ2v) is 8.60. The summed E-state index contributed by atoms with van der Waals surface area (Å²) in [5.41, 5.74) is 3.33. The van der Waals surface area contributed by atoms with E-state index in [1.807, 2.05) is 55.1 Å². The van der Waals surface area contributed by atoms with Gasteiger partial charge in [-0.25, -0.2) is 0 Å². The van der Waals surface area contributed by atoms with Gasteiger partial charge in [-0.1, -0.05) is 60.7 Å². The van der Waals surface area contributed by atoms with Gasteiger partial charge in [-0.15, -0.1) is 23.5 Å². The molecule has 0 aliphatic carbocycles. The van der Waals surface area contributed by atoms with Gasteiger partial charge < -0.3 is 5.32 Å². The number of hydrogen-bond acceptors (Lipinski definition) is 3. The van der Waals surface area contributed by atoms with Gasteiger partial charge in [-0.2, -0.15) is 0 Å². The molecule has 4 heteroatoms. The van der Waals surface area contributed by atoms with E-state index in [4.69, 9.17) is 0 Å². The molecule has 0 aromatic heterocycles. The Balaban J connectivity index is 1.46. The molecule has 0 bridgehead atoms. The van der Waals surface area contributed by atoms with Crippen LogP contribution in [0.3, 0.4) is 0 Å². The van der Waals surface area contributed by atoms with Crippen molar-refractivity contribution in [3.8, 4) is 0 Å². The molecule has 0 aliphatic rings. The molecule has 3 aromatic rings. The second kappa shape index (κ2) is 10.2. The zero-order valence-corrected chi connectivity index (χ0v) is 16.9. The Kier molecular flexibility index (Phi) is 7.43. The van der Waals surface area contributed by atoms with Crippen LogP contribution in [0, 0.1) is 0 Å². The fraction of sp³-hybridized carbons (Fsp3) is 0.174. The number of rotatable bonds is 8. The molecule has 138 valence electrons. The molecule has 1 N–H and O–H groups in total. The summed E-state index contributed by atoms with van der Waals surface area (Å²) in [5.74, 6) is 1.80. The summed E-state index contributed by atoms with van der Waals surface area (Å²) in [6.45, 7) is 1.95. The van der Waals surface area contributed by atoms with Gasteiger partial charge in [0.05, 0.1) is 5.25 Å². The van der Waals surface area contributed by atoms with Gasteiger partial charge in [0, 0.05) is 22.1 Å². The van der Waals surface area contributed by atoms with E-state index >= 15 is 0 Å². The summed E-state index contributed by atoms with van der Waals surface area (Å²) in [4.78, 5) is 13.7. The van der Waals surface area contributed by atoms with Crippen LogP contribution in [0.15, 0.2) is 89.8 Å². The number of amides is 1. The number of carbonyl (C=O) groups is 1. The highest BCUT2D eigenvalue weighted by Crippen LogP contribution is 2.24. The van der Waals surface area contributed by atoms with Crippen molar-refractivity contribution >= 4 is 35.1 Å². The largest absolute Gasteiger partial charge is 0.325 e. The molecule has 2 nitrogen and oxygen atoms in total. The molecule has 1 amide bonds. The van der Waals surface area contributed by atoms with Crippen LogP contribution < -0.4 is 5.32 Å². The minimum absolute atomic E-state index is 0.0438. The van der Waals surface area contributed by atoms with Crippen molar-refractivity contribution in [1.82, 2.24) is 0 Å². The van der Waals surface area contributed by atoms with Crippen molar-refractivity contribution in [1.29, 1.82) is 0 Å². The lowest BCUT2D eigenvalue weighted by atomic mass is 10.2. The van der Waals surface area contributed by atoms with Crippen LogP contribution in [0.25, 0.3) is 0 Å². The van der Waals surface area contributed by atoms with E-state index < -0.39 is 0 Å². The molecule has 1 unspecified atom stereocenters. The van der Waals surface area contributed by atoms with Gasteiger partial charge in [0.15, 0.2) is 0 Å². The fourth-order valence-electron chi connectivity index (χ4n) is 2.48. The zero-order valence-electron chi connectivity index (χ0n) is 15.3. The standard InChI is InChI=1S/C23H23NOS2/c1-18(26-16-19-8-4-2-5-9-19)23(25)24-21-14-12-20(13-15-21)17-27-22-10-6-3-7-11-22/h2-15,18H,16-17H2,1H3,(H,24,25). The summed E-state index contributed by atoms with van der Waals surface area (Å²) >= 11 is 3.46. The van der Waals surface area contributed by atoms with Gasteiger partial charge >= 0.3 is 0 Å². The molecule has 0 spiro atoms. The maximum atomic E-state index is 12.4. The van der Waals surface area contributed by atoms with E-state index in [2.05, 4.69) is 53.8 Å². The van der Waals surface area contributed by atoms with Gasteiger partial charge in [-0.05, 0) is 42.3 Å². The SMILES string of the molecule is CC(SCc1ccccc1)C(=O)Nc1ccc(CSc2ccccc2)cc1. The smallest absolute Gasteiger partial charge is 0.237 e. The van der Waals surface area contributed by atoms with E-state index in [0.29, 0.717) is 0 Å². The third-order valence-corrected chi connectivity index (χ3v) is 6.38. The molecular formula is C23H23NOS2. The summed E-state index contributed by atoms with van der Waals surface area (Å²) in [6.07, 6.45) is 0. The highest BCUT2D eigenvalue weighted by Gasteiger charge is 2.13. The first-order valence-corrected chi connectivity index (χ1v) is 11.0. The number of carbonyl (C=O) groups excluding carboxylic acids is 1. The molecule has 3 aromatic carbocycles. The second-order valence-electron chi connectivity index (χ2n) is 6.23. The fourth-order valence-corrected chi connectivity index (χ4v) is 4.20. The van der Waals surface area contributed by atoms with E-state index in [0.717, 1.165) is 17.2 Å². The molecule has 0 heterocycles. The summed E-state index contributed by atoms with van der Waals surface area (Å²) < 4.78 is 0. The molecule has 1 atom stereocenters. The van der Waals surface area contributed by atoms with Crippen LogP contribution in [0.5, 0.6) is 0 Å². The van der Waals surface area contributed by atoms with E-state index in [1.165, 1.54) is 16.0 Å². The lowest BCUT2D eigenvalue weighted by molar-refractivity contribution is -0.115. The molecule has 0 aliphatic heterocycles. The van der Waals surface area contributed by atoms with Crippen LogP contribution in [-0.4, -0.2) is 11.2 Å². The maximum Gasteiger partial charge on any atom is 0.237 e. The molecule has 3 rings (SSSR count). The number of benzene rings is 3. The lowest BCUT2D eigenvalue weighted by Gasteiger charge is -2.12. The third-order valence-electron chi connectivity index (χ3n) is 4.08. The lowest BCUT2D eigenvalue weighted by Crippen LogP contribution is -2.22. The van der Waals surface area contributed by atoms with Crippen molar-refractivity contribution in [2.45, 2.75) is 28.6 Å². The Labute approximate surface area is 169 Å². The van der Waals surface area contributed by atoms with Gasteiger partial charge in [0.1, 0.15) is 0 Å². The summed E-state index contributed by atoms with van der Waals surface area (Å²) in [6, 6.07) is 28.7. The third kappa shape index (κ3) is 6.49. The normalized spacial score (nSPS) is 11.7. The Morgan fingerprint density at radius 1 is 0.815 bits per heavy atom. The first-order chi connectivity index (χ1) is 13.2. The van der Waals surface area contributed by atoms with Crippen LogP contribution in [0.2, 0.25) is 0 Å². The number of anilines is 1. The van der Waals surface area contributed by atoms with E-state index in [1.54, 1.807) is 11.8 Å². The van der Waals surface area contributed by atoms with Crippen LogP contribution in [-0.2, 0) is 16.3 Å². The molecular weight excluding hydrogens is 370 g/mol. The molecule has 0 saturated heterocycles. The average Bonchev–Trinajstić information content (AvgIpc) is 2.73. The maximum absolute atomic E-state index is 12.4. The Hall–Kier alpha value is -2.17. The predicted octanol–water partition coefficient (Wildman–Crippen LogP) is 6.24. The van der Waals surface area contributed by atoms with Crippen molar-refractivity contribution in [3.63, 3.8) is 0 Å². The zero-order chi connectivity index (χ0) is 18.9. The molecule has 0 radical (unpaired) electrons. The highest BCUT2D eigenvalue weighted by atomic mass is 32.2. The van der Waals surface area contributed by atoms with Crippen molar-refractivity contribution in [2.24, 2.45) is 0 Å². The Bertz CT molecular complexity index is 835. The van der Waals surface area contributed by atoms with Crippen LogP contribution >= 0.6 is 23.5 Å². The topological polar surface area (TPSA) is 29.1 Å². The average molecular weight is 394 g/mol. The molecule has 0 saturated carbocycles. The number of nitrogens with one attached hydrogen (secondary N) is 1. The quantitative estimate of drug-likeness (QED) is 0.459. The first-order valence-electron chi connectivity index (χ1n) is 8.94. The van der Waals surface area contributed by atoms with Gasteiger partial charge in [0.25, 0.3) is 0 Å². The van der Waals surface area contributed by atoms with Gasteiger partial charge in [0.2, 0.25) is 5.91 Å². The van der Waals surface area contributed by atoms with E-state index in [9.17, 15) is 4.79 Å². The van der Waals surface area contributed by atoms with Gasteiger partial charge in [-0.3, -0.25) is 4.79 Å². The minimum Gasteiger partial charge on any atom is -0.325 e. The Morgan fingerprint density at radius 3 is 2.07 bits per heavy atom. The number of hydrogen-bond donors (Lipinski definition) is 1. The van der Waals surface area contributed by atoms with Crippen molar-refractivity contribution in [3.05, 3.63) is 96.1 Å². The first kappa shape index (κ1) is 19.6. The summed E-state index contributed by atoms with van der Waals surface area (Å²) in [5, 5.41) is 2.91. The minimum atomic E-state index is -0.0986. The number of thioether (sulfide) groups is 2. The Morgan fingerprint density at radius 2 is 1.41 bits per heavy atom. The highest BCUT2D eigenvalue weighted by molar-refractivity contribution is 7.99. The van der Waals surface area contributed by atoms with Crippen LogP contribution in [0.1, 0.15) is 18.1 Å². The predicted molar refractivity (Wildman–Crippen MR) is 118 cm³/mol.